The second-order valence-electron chi connectivity index (χ2n) is 0.283. The SMILES string of the molecule is Cl.Cl.O=[PH](O)O. The van der Waals surface area contributed by atoms with E-state index in [2.05, 4.69) is 0 Å². The maximum atomic E-state index is 8.74. The Morgan fingerprint density at radius 3 is 1.17 bits per heavy atom. The highest BCUT2D eigenvalue weighted by Crippen LogP contribution is 1.98. The monoisotopic (exact) mass is 154 g/mol. The van der Waals surface area contributed by atoms with Gasteiger partial charge in [0.1, 0.15) is 0 Å². The molecule has 0 aromatic carbocycles. The highest BCUT2D eigenvalue weighted by molar-refractivity contribution is 7.30. The molecule has 0 aliphatic heterocycles. The molecule has 0 rings (SSSR count). The van der Waals surface area contributed by atoms with E-state index >= 15 is 0 Å². The molecular weight excluding hydrogens is 150 g/mol. The first kappa shape index (κ1) is 15.9. The Labute approximate surface area is 48.1 Å². The van der Waals surface area contributed by atoms with Crippen molar-refractivity contribution in [3.05, 3.63) is 0 Å². The van der Waals surface area contributed by atoms with Crippen molar-refractivity contribution in [1.29, 1.82) is 0 Å². The van der Waals surface area contributed by atoms with Gasteiger partial charge in [0.05, 0.1) is 0 Å². The van der Waals surface area contributed by atoms with Crippen LogP contribution in [-0.2, 0) is 4.57 Å². The van der Waals surface area contributed by atoms with E-state index in [9.17, 15) is 0 Å². The molecule has 2 N–H and O–H groups in total. The van der Waals surface area contributed by atoms with Crippen LogP contribution in [0.3, 0.4) is 0 Å². The van der Waals surface area contributed by atoms with Gasteiger partial charge in [-0.15, -0.1) is 24.8 Å². The lowest BCUT2D eigenvalue weighted by molar-refractivity contribution is 0.405. The Morgan fingerprint density at radius 1 is 1.17 bits per heavy atom. The van der Waals surface area contributed by atoms with Gasteiger partial charge in [-0.2, -0.15) is 0 Å². The van der Waals surface area contributed by atoms with E-state index in [1.54, 1.807) is 0 Å². The zero-order valence-corrected chi connectivity index (χ0v) is 5.25. The Hall–Kier alpha value is 0.730. The highest BCUT2D eigenvalue weighted by Gasteiger charge is 1.61. The molecule has 0 aromatic heterocycles. The van der Waals surface area contributed by atoms with Crippen molar-refractivity contribution < 1.29 is 14.4 Å². The van der Waals surface area contributed by atoms with Crippen LogP contribution in [0.25, 0.3) is 0 Å². The van der Waals surface area contributed by atoms with Crippen molar-refractivity contribution in [2.45, 2.75) is 0 Å². The first-order chi connectivity index (χ1) is 1.73. The molecule has 6 heavy (non-hydrogen) atoms. The lowest BCUT2D eigenvalue weighted by Crippen LogP contribution is -1.38. The van der Waals surface area contributed by atoms with Gasteiger partial charge >= 0.3 is 8.25 Å². The molecule has 0 bridgehead atoms. The van der Waals surface area contributed by atoms with E-state index in [1.165, 1.54) is 0 Å². The molecule has 6 heteroatoms. The summed E-state index contributed by atoms with van der Waals surface area (Å²) in [5.41, 5.74) is 0. The number of rotatable bonds is 0. The van der Waals surface area contributed by atoms with Crippen LogP contribution in [0.15, 0.2) is 0 Å². The average molecular weight is 155 g/mol. The molecule has 0 radical (unpaired) electrons. The lowest BCUT2D eigenvalue weighted by Gasteiger charge is -1.61. The maximum Gasteiger partial charge on any atom is 0.314 e. The van der Waals surface area contributed by atoms with Crippen LogP contribution in [0.1, 0.15) is 0 Å². The van der Waals surface area contributed by atoms with Crippen molar-refractivity contribution in [3.63, 3.8) is 0 Å². The second kappa shape index (κ2) is 9.21. The molecule has 0 saturated heterocycles. The molecule has 0 fully saturated rings. The normalized spacial score (nSPS) is 5.83. The van der Waals surface area contributed by atoms with E-state index in [1.807, 2.05) is 0 Å². The summed E-state index contributed by atoms with van der Waals surface area (Å²) < 4.78 is 8.74. The van der Waals surface area contributed by atoms with E-state index in [0.29, 0.717) is 0 Å². The Balaban J connectivity index is -0.0000000450. The van der Waals surface area contributed by atoms with Gasteiger partial charge in [0.15, 0.2) is 0 Å². The van der Waals surface area contributed by atoms with Crippen molar-refractivity contribution in [3.8, 4) is 0 Å². The minimum absolute atomic E-state index is 0. The van der Waals surface area contributed by atoms with E-state index in [0.717, 1.165) is 0 Å². The van der Waals surface area contributed by atoms with Crippen LogP contribution < -0.4 is 0 Å². The molecule has 0 atom stereocenters. The fraction of sp³-hybridized carbons (Fsp3) is 0. The van der Waals surface area contributed by atoms with Crippen molar-refractivity contribution in [2.75, 3.05) is 0 Å². The summed E-state index contributed by atoms with van der Waals surface area (Å²) in [6.07, 6.45) is 0. The van der Waals surface area contributed by atoms with Crippen molar-refractivity contribution >= 4 is 33.1 Å². The third-order valence-electron chi connectivity index (χ3n) is 0. The van der Waals surface area contributed by atoms with E-state index in [-0.39, 0.29) is 24.8 Å². The first-order valence-electron chi connectivity index (χ1n) is 0.651. The molecule has 0 aliphatic carbocycles. The molecule has 0 amide bonds. The van der Waals surface area contributed by atoms with E-state index in [4.69, 9.17) is 14.4 Å². The molecule has 3 nitrogen and oxygen atoms in total. The van der Waals surface area contributed by atoms with Crippen molar-refractivity contribution in [2.24, 2.45) is 0 Å². The summed E-state index contributed by atoms with van der Waals surface area (Å²) in [6, 6.07) is 0. The molecule has 0 spiro atoms. The molecule has 0 heterocycles. The van der Waals surface area contributed by atoms with Crippen LogP contribution in [0.4, 0.5) is 0 Å². The quantitative estimate of drug-likeness (QED) is 0.491. The smallest absolute Gasteiger partial charge is 0.314 e. The van der Waals surface area contributed by atoms with Gasteiger partial charge in [-0.1, -0.05) is 0 Å². The van der Waals surface area contributed by atoms with Crippen LogP contribution in [-0.4, -0.2) is 9.79 Å². The summed E-state index contributed by atoms with van der Waals surface area (Å²) in [4.78, 5) is 14.3. The van der Waals surface area contributed by atoms with Crippen LogP contribution in [0, 0.1) is 0 Å². The fourth-order valence-electron chi connectivity index (χ4n) is 0. The van der Waals surface area contributed by atoms with Gasteiger partial charge in [-0.3, -0.25) is 4.57 Å². The van der Waals surface area contributed by atoms with Gasteiger partial charge in [-0.05, 0) is 0 Å². The van der Waals surface area contributed by atoms with Crippen LogP contribution in [0.2, 0.25) is 0 Å². The second-order valence-corrected chi connectivity index (χ2v) is 0.848. The highest BCUT2D eigenvalue weighted by atomic mass is 35.5. The largest absolute Gasteiger partial charge is 0.326 e. The average Bonchev–Trinajstić information content (AvgIpc) is 0.811. The predicted octanol–water partition coefficient (Wildman–Crippen LogP) is 0.204. The fourth-order valence-corrected chi connectivity index (χ4v) is 0. The summed E-state index contributed by atoms with van der Waals surface area (Å²) >= 11 is 0. The molecule has 0 aromatic rings. The molecule has 0 saturated carbocycles. The summed E-state index contributed by atoms with van der Waals surface area (Å²) in [5.74, 6) is 0. The summed E-state index contributed by atoms with van der Waals surface area (Å²) in [5, 5.41) is 0. The molecule has 42 valence electrons. The topological polar surface area (TPSA) is 57.5 Å². The van der Waals surface area contributed by atoms with Gasteiger partial charge in [0.2, 0.25) is 0 Å². The Morgan fingerprint density at radius 2 is 1.17 bits per heavy atom. The standard InChI is InChI=1S/2ClH.H3O3P/c;;1-4(2)3/h2*1H;4H,(H2,1,2,3). The molecule has 0 aliphatic rings. The number of hydrogen-bond acceptors (Lipinski definition) is 1. The summed E-state index contributed by atoms with van der Waals surface area (Å²) in [6.45, 7) is 0. The minimum atomic E-state index is -3.13. The Bertz CT molecular complexity index is 31.8. The van der Waals surface area contributed by atoms with Crippen LogP contribution in [0.5, 0.6) is 0 Å². The zero-order chi connectivity index (χ0) is 3.58. The predicted molar refractivity (Wildman–Crippen MR) is 27.9 cm³/mol. The van der Waals surface area contributed by atoms with Crippen molar-refractivity contribution in [1.82, 2.24) is 0 Å². The Kier molecular flexibility index (Phi) is 24.4. The van der Waals surface area contributed by atoms with Crippen LogP contribution >= 0.6 is 33.1 Å². The molecular formula is H5Cl2O3P. The lowest BCUT2D eigenvalue weighted by atomic mass is 15.8. The summed E-state index contributed by atoms with van der Waals surface area (Å²) in [7, 11) is -3.13. The van der Waals surface area contributed by atoms with Gasteiger partial charge in [0, 0.05) is 0 Å². The van der Waals surface area contributed by atoms with Gasteiger partial charge in [-0.25, -0.2) is 0 Å². The third kappa shape index (κ3) is 123. The maximum absolute atomic E-state index is 8.74. The number of halogens is 2. The first-order valence-corrected chi connectivity index (χ1v) is 1.95. The van der Waals surface area contributed by atoms with E-state index < -0.39 is 8.25 Å². The van der Waals surface area contributed by atoms with Gasteiger partial charge < -0.3 is 9.79 Å². The number of hydrogen-bond donors (Lipinski definition) is 2. The molecule has 0 unspecified atom stereocenters. The third-order valence-corrected chi connectivity index (χ3v) is 0. The zero-order valence-electron chi connectivity index (χ0n) is 2.62. The minimum Gasteiger partial charge on any atom is -0.326 e. The van der Waals surface area contributed by atoms with Gasteiger partial charge in [0.25, 0.3) is 0 Å².